The SMILES string of the molecule is CCNC(CSc1n[nH]c(=O)n1C)c1ccccc1C. The van der Waals surface area contributed by atoms with Crippen molar-refractivity contribution in [2.45, 2.75) is 25.0 Å². The highest BCUT2D eigenvalue weighted by Crippen LogP contribution is 2.24. The number of aromatic amines is 1. The average molecular weight is 292 g/mol. The number of rotatable bonds is 6. The number of hydrogen-bond donors (Lipinski definition) is 2. The number of aromatic nitrogens is 3. The van der Waals surface area contributed by atoms with E-state index in [0.29, 0.717) is 5.16 Å². The van der Waals surface area contributed by atoms with Gasteiger partial charge in [-0.05, 0) is 24.6 Å². The van der Waals surface area contributed by atoms with Crippen LogP contribution in [0.5, 0.6) is 0 Å². The molecular formula is C14H20N4OS. The number of thioether (sulfide) groups is 1. The zero-order chi connectivity index (χ0) is 14.5. The van der Waals surface area contributed by atoms with Gasteiger partial charge in [-0.1, -0.05) is 43.0 Å². The molecule has 0 fully saturated rings. The van der Waals surface area contributed by atoms with E-state index in [2.05, 4.69) is 47.6 Å². The molecule has 2 rings (SSSR count). The van der Waals surface area contributed by atoms with Gasteiger partial charge in [-0.2, -0.15) is 0 Å². The van der Waals surface area contributed by atoms with Crippen molar-refractivity contribution in [3.8, 4) is 0 Å². The van der Waals surface area contributed by atoms with Crippen molar-refractivity contribution < 1.29 is 0 Å². The highest BCUT2D eigenvalue weighted by Gasteiger charge is 2.14. The van der Waals surface area contributed by atoms with Gasteiger partial charge < -0.3 is 5.32 Å². The Hall–Kier alpha value is -1.53. The number of H-pyrrole nitrogens is 1. The van der Waals surface area contributed by atoms with E-state index in [1.807, 2.05) is 6.07 Å². The van der Waals surface area contributed by atoms with Crippen molar-refractivity contribution in [1.82, 2.24) is 20.1 Å². The normalized spacial score (nSPS) is 12.6. The predicted octanol–water partition coefficient (Wildman–Crippen LogP) is 1.86. The van der Waals surface area contributed by atoms with Crippen LogP contribution in [0, 0.1) is 6.92 Å². The Kier molecular flexibility index (Phi) is 5.03. The quantitative estimate of drug-likeness (QED) is 0.798. The molecule has 0 aliphatic heterocycles. The molecule has 0 saturated carbocycles. The van der Waals surface area contributed by atoms with E-state index in [1.165, 1.54) is 15.7 Å². The second-order valence-electron chi connectivity index (χ2n) is 4.65. The molecule has 108 valence electrons. The van der Waals surface area contributed by atoms with Gasteiger partial charge >= 0.3 is 5.69 Å². The molecule has 1 aromatic carbocycles. The molecule has 0 radical (unpaired) electrons. The first-order valence-corrected chi connectivity index (χ1v) is 7.65. The lowest BCUT2D eigenvalue weighted by molar-refractivity contribution is 0.601. The van der Waals surface area contributed by atoms with Crippen molar-refractivity contribution in [1.29, 1.82) is 0 Å². The first-order chi connectivity index (χ1) is 9.63. The molecule has 20 heavy (non-hydrogen) atoms. The average Bonchev–Trinajstić information content (AvgIpc) is 2.76. The maximum atomic E-state index is 11.4. The summed E-state index contributed by atoms with van der Waals surface area (Å²) in [5.74, 6) is 0.830. The van der Waals surface area contributed by atoms with Crippen molar-refractivity contribution >= 4 is 11.8 Å². The second-order valence-corrected chi connectivity index (χ2v) is 5.64. The Labute approximate surface area is 122 Å². The summed E-state index contributed by atoms with van der Waals surface area (Å²) in [6, 6.07) is 8.62. The molecule has 0 aliphatic carbocycles. The maximum Gasteiger partial charge on any atom is 0.343 e. The number of aryl methyl sites for hydroxylation is 1. The summed E-state index contributed by atoms with van der Waals surface area (Å²) in [7, 11) is 1.73. The molecule has 0 spiro atoms. The molecule has 1 unspecified atom stereocenters. The number of nitrogens with one attached hydrogen (secondary N) is 2. The summed E-state index contributed by atoms with van der Waals surface area (Å²) in [5.41, 5.74) is 2.39. The molecule has 1 aromatic heterocycles. The van der Waals surface area contributed by atoms with E-state index in [0.717, 1.165) is 12.3 Å². The van der Waals surface area contributed by atoms with Gasteiger partial charge in [-0.3, -0.25) is 4.57 Å². The van der Waals surface area contributed by atoms with Crippen molar-refractivity contribution in [3.63, 3.8) is 0 Å². The summed E-state index contributed by atoms with van der Waals surface area (Å²) in [5, 5.41) is 10.7. The van der Waals surface area contributed by atoms with Gasteiger partial charge in [0.25, 0.3) is 0 Å². The monoisotopic (exact) mass is 292 g/mol. The first kappa shape index (κ1) is 14.9. The molecule has 0 bridgehead atoms. The fraction of sp³-hybridized carbons (Fsp3) is 0.429. The van der Waals surface area contributed by atoms with Gasteiger partial charge in [0, 0.05) is 18.8 Å². The lowest BCUT2D eigenvalue weighted by atomic mass is 10.0. The van der Waals surface area contributed by atoms with E-state index < -0.39 is 0 Å². The summed E-state index contributed by atoms with van der Waals surface area (Å²) >= 11 is 1.58. The third-order valence-corrected chi connectivity index (χ3v) is 4.36. The minimum Gasteiger partial charge on any atom is -0.309 e. The Balaban J connectivity index is 2.12. The van der Waals surface area contributed by atoms with E-state index in [4.69, 9.17) is 0 Å². The Bertz CT molecular complexity index is 620. The van der Waals surface area contributed by atoms with Gasteiger partial charge in [0.15, 0.2) is 5.16 Å². The van der Waals surface area contributed by atoms with Crippen molar-refractivity contribution in [2.75, 3.05) is 12.3 Å². The van der Waals surface area contributed by atoms with Crippen molar-refractivity contribution in [3.05, 3.63) is 45.9 Å². The van der Waals surface area contributed by atoms with Crippen LogP contribution in [0.1, 0.15) is 24.1 Å². The largest absolute Gasteiger partial charge is 0.343 e. The molecule has 5 nitrogen and oxygen atoms in total. The third kappa shape index (κ3) is 3.32. The first-order valence-electron chi connectivity index (χ1n) is 6.66. The van der Waals surface area contributed by atoms with E-state index in [9.17, 15) is 4.79 Å². The summed E-state index contributed by atoms with van der Waals surface area (Å²) in [6.45, 7) is 5.12. The summed E-state index contributed by atoms with van der Waals surface area (Å²) in [4.78, 5) is 11.4. The second kappa shape index (κ2) is 6.76. The molecule has 0 aliphatic rings. The zero-order valence-corrected chi connectivity index (χ0v) is 12.8. The van der Waals surface area contributed by atoms with Gasteiger partial charge in [0.05, 0.1) is 0 Å². The van der Waals surface area contributed by atoms with Crippen LogP contribution in [-0.2, 0) is 7.05 Å². The van der Waals surface area contributed by atoms with Crippen LogP contribution in [0.15, 0.2) is 34.2 Å². The van der Waals surface area contributed by atoms with Gasteiger partial charge in [-0.25, -0.2) is 9.89 Å². The minimum absolute atomic E-state index is 0.177. The lowest BCUT2D eigenvalue weighted by Crippen LogP contribution is -2.24. The lowest BCUT2D eigenvalue weighted by Gasteiger charge is -2.19. The van der Waals surface area contributed by atoms with Crippen LogP contribution in [0.3, 0.4) is 0 Å². The van der Waals surface area contributed by atoms with Crippen LogP contribution in [-0.4, -0.2) is 27.1 Å². The molecule has 0 saturated heterocycles. The number of hydrogen-bond acceptors (Lipinski definition) is 4. The van der Waals surface area contributed by atoms with Crippen LogP contribution < -0.4 is 11.0 Å². The minimum atomic E-state index is -0.177. The zero-order valence-electron chi connectivity index (χ0n) is 12.0. The molecule has 2 N–H and O–H groups in total. The summed E-state index contributed by atoms with van der Waals surface area (Å²) < 4.78 is 1.53. The highest BCUT2D eigenvalue weighted by atomic mass is 32.2. The standard InChI is InChI=1S/C14H20N4OS/c1-4-15-12(11-8-6-5-7-10(11)2)9-20-14-17-16-13(19)18(14)3/h5-8,12,15H,4,9H2,1-3H3,(H,16,19). The third-order valence-electron chi connectivity index (χ3n) is 3.23. The number of benzene rings is 1. The Morgan fingerprint density at radius 2 is 2.20 bits per heavy atom. The van der Waals surface area contributed by atoms with Crippen LogP contribution in [0.2, 0.25) is 0 Å². The van der Waals surface area contributed by atoms with Crippen LogP contribution >= 0.6 is 11.8 Å². The molecule has 1 atom stereocenters. The molecule has 0 amide bonds. The van der Waals surface area contributed by atoms with E-state index in [1.54, 1.807) is 18.8 Å². The number of nitrogens with zero attached hydrogens (tertiary/aromatic N) is 2. The van der Waals surface area contributed by atoms with E-state index >= 15 is 0 Å². The predicted molar refractivity (Wildman–Crippen MR) is 82.1 cm³/mol. The Morgan fingerprint density at radius 3 is 2.80 bits per heavy atom. The summed E-state index contributed by atoms with van der Waals surface area (Å²) in [6.07, 6.45) is 0. The molecular weight excluding hydrogens is 272 g/mol. The molecule has 2 aromatic rings. The van der Waals surface area contributed by atoms with Crippen LogP contribution in [0.25, 0.3) is 0 Å². The van der Waals surface area contributed by atoms with Gasteiger partial charge in [0.2, 0.25) is 0 Å². The molecule has 1 heterocycles. The van der Waals surface area contributed by atoms with Crippen LogP contribution in [0.4, 0.5) is 0 Å². The van der Waals surface area contributed by atoms with Gasteiger partial charge in [-0.15, -0.1) is 5.10 Å². The maximum absolute atomic E-state index is 11.4. The fourth-order valence-electron chi connectivity index (χ4n) is 2.10. The van der Waals surface area contributed by atoms with E-state index in [-0.39, 0.29) is 11.7 Å². The highest BCUT2D eigenvalue weighted by molar-refractivity contribution is 7.99. The molecule has 6 heteroatoms. The smallest absolute Gasteiger partial charge is 0.309 e. The topological polar surface area (TPSA) is 62.7 Å². The fourth-order valence-corrected chi connectivity index (χ4v) is 3.10. The van der Waals surface area contributed by atoms with Crippen molar-refractivity contribution in [2.24, 2.45) is 7.05 Å². The Morgan fingerprint density at radius 1 is 1.45 bits per heavy atom. The van der Waals surface area contributed by atoms with Gasteiger partial charge in [0.1, 0.15) is 0 Å².